The lowest BCUT2D eigenvalue weighted by atomic mass is 9.79. The summed E-state index contributed by atoms with van der Waals surface area (Å²) in [4.78, 5) is 8.92. The number of aryl methyl sites for hydroxylation is 1. The van der Waals surface area contributed by atoms with Crippen molar-refractivity contribution in [3.05, 3.63) is 65.6 Å². The third-order valence-electron chi connectivity index (χ3n) is 4.74. The van der Waals surface area contributed by atoms with Gasteiger partial charge in [0.15, 0.2) is 5.82 Å². The van der Waals surface area contributed by atoms with Crippen LogP contribution in [0.2, 0.25) is 0 Å². The molecular formula is C18H19FN4O2. The van der Waals surface area contributed by atoms with Gasteiger partial charge >= 0.3 is 0 Å². The summed E-state index contributed by atoms with van der Waals surface area (Å²) in [5.74, 6) is 1.82. The minimum absolute atomic E-state index is 0.265. The molecule has 1 fully saturated rings. The number of imidazole rings is 1. The summed E-state index contributed by atoms with van der Waals surface area (Å²) in [5, 5.41) is 4.21. The Kier molecular flexibility index (Phi) is 4.09. The number of rotatable bonds is 5. The van der Waals surface area contributed by atoms with Gasteiger partial charge in [-0.05, 0) is 24.1 Å². The minimum atomic E-state index is -0.488. The van der Waals surface area contributed by atoms with Crippen LogP contribution in [-0.4, -0.2) is 32.9 Å². The van der Waals surface area contributed by atoms with Crippen molar-refractivity contribution in [2.24, 2.45) is 0 Å². The molecule has 3 aromatic rings. The fraction of sp³-hybridized carbons (Fsp3) is 0.389. The lowest BCUT2D eigenvalue weighted by Gasteiger charge is -2.23. The van der Waals surface area contributed by atoms with Crippen LogP contribution in [0.5, 0.6) is 0 Å². The van der Waals surface area contributed by atoms with Gasteiger partial charge in [0.05, 0.1) is 12.0 Å². The molecule has 0 bridgehead atoms. The molecule has 0 amide bonds. The van der Waals surface area contributed by atoms with Crippen LogP contribution in [0.4, 0.5) is 4.39 Å². The maximum Gasteiger partial charge on any atom is 0.246 e. The van der Waals surface area contributed by atoms with Crippen molar-refractivity contribution in [2.75, 3.05) is 13.2 Å². The van der Waals surface area contributed by atoms with Crippen molar-refractivity contribution in [1.82, 2.24) is 19.7 Å². The zero-order chi connectivity index (χ0) is 17.3. The van der Waals surface area contributed by atoms with Crippen molar-refractivity contribution in [1.29, 1.82) is 0 Å². The monoisotopic (exact) mass is 342 g/mol. The van der Waals surface area contributed by atoms with Crippen LogP contribution in [0.3, 0.4) is 0 Å². The highest BCUT2D eigenvalue weighted by atomic mass is 19.1. The van der Waals surface area contributed by atoms with E-state index in [0.717, 1.165) is 24.2 Å². The fourth-order valence-electron chi connectivity index (χ4n) is 3.32. The van der Waals surface area contributed by atoms with E-state index >= 15 is 0 Å². The predicted molar refractivity (Wildman–Crippen MR) is 87.6 cm³/mol. The number of hydrogen-bond acceptors (Lipinski definition) is 5. The van der Waals surface area contributed by atoms with Gasteiger partial charge in [-0.15, -0.1) is 0 Å². The van der Waals surface area contributed by atoms with Crippen LogP contribution in [0, 0.1) is 5.82 Å². The van der Waals surface area contributed by atoms with Gasteiger partial charge in [0.2, 0.25) is 5.89 Å². The van der Waals surface area contributed by atoms with Crippen LogP contribution in [0.25, 0.3) is 0 Å². The molecule has 1 saturated heterocycles. The van der Waals surface area contributed by atoms with E-state index in [0.29, 0.717) is 31.5 Å². The molecule has 0 radical (unpaired) electrons. The Morgan fingerprint density at radius 1 is 1.28 bits per heavy atom. The summed E-state index contributed by atoms with van der Waals surface area (Å²) in [6.07, 6.45) is 5.24. The number of nitrogens with zero attached hydrogens (tertiary/aromatic N) is 4. The summed E-state index contributed by atoms with van der Waals surface area (Å²) in [5.41, 5.74) is 0.452. The van der Waals surface area contributed by atoms with E-state index in [1.165, 1.54) is 12.1 Å². The Balaban J connectivity index is 1.65. The van der Waals surface area contributed by atoms with E-state index in [-0.39, 0.29) is 5.82 Å². The third kappa shape index (κ3) is 2.84. The highest BCUT2D eigenvalue weighted by Crippen LogP contribution is 2.38. The Morgan fingerprint density at radius 3 is 2.84 bits per heavy atom. The van der Waals surface area contributed by atoms with Gasteiger partial charge in [0.25, 0.3) is 0 Å². The molecule has 1 aliphatic rings. The normalized spacial score (nSPS) is 20.2. The van der Waals surface area contributed by atoms with Gasteiger partial charge in [0.1, 0.15) is 18.2 Å². The van der Waals surface area contributed by atoms with Crippen LogP contribution < -0.4 is 0 Å². The SMILES string of the molecule is CCc1nccn1Cc1nc([C@@]2(c3ccc(F)cc3)CCOC2)no1. The van der Waals surface area contributed by atoms with Crippen molar-refractivity contribution < 1.29 is 13.7 Å². The van der Waals surface area contributed by atoms with E-state index < -0.39 is 5.41 Å². The predicted octanol–water partition coefficient (Wildman–Crippen LogP) is 2.72. The van der Waals surface area contributed by atoms with Crippen LogP contribution in [0.15, 0.2) is 41.2 Å². The smallest absolute Gasteiger partial charge is 0.246 e. The highest BCUT2D eigenvalue weighted by Gasteiger charge is 2.42. The van der Waals surface area contributed by atoms with Gasteiger partial charge in [-0.3, -0.25) is 0 Å². The van der Waals surface area contributed by atoms with Gasteiger partial charge in [-0.1, -0.05) is 24.2 Å². The maximum absolute atomic E-state index is 13.3. The second-order valence-corrected chi connectivity index (χ2v) is 6.23. The molecule has 1 aliphatic heterocycles. The quantitative estimate of drug-likeness (QED) is 0.713. The highest BCUT2D eigenvalue weighted by molar-refractivity contribution is 5.34. The van der Waals surface area contributed by atoms with Crippen molar-refractivity contribution >= 4 is 0 Å². The van der Waals surface area contributed by atoms with Crippen molar-refractivity contribution in [3.63, 3.8) is 0 Å². The maximum atomic E-state index is 13.3. The number of hydrogen-bond donors (Lipinski definition) is 0. The summed E-state index contributed by atoms with van der Waals surface area (Å²) >= 11 is 0. The second-order valence-electron chi connectivity index (χ2n) is 6.23. The molecule has 0 spiro atoms. The Hall–Kier alpha value is -2.54. The summed E-state index contributed by atoms with van der Waals surface area (Å²) in [6.45, 7) is 3.61. The van der Waals surface area contributed by atoms with Crippen LogP contribution in [-0.2, 0) is 23.1 Å². The van der Waals surface area contributed by atoms with Crippen molar-refractivity contribution in [3.8, 4) is 0 Å². The first-order chi connectivity index (χ1) is 12.2. The molecule has 0 aliphatic carbocycles. The Bertz CT molecular complexity index is 850. The average Bonchev–Trinajstić information content (AvgIpc) is 3.36. The standard InChI is InChI=1S/C18H19FN4O2/c1-2-15-20-8-9-23(15)11-16-21-17(22-25-16)18(7-10-24-12-18)13-3-5-14(19)6-4-13/h3-6,8-9H,2,7,10-12H2,1H3/t18-/m0/s1. The zero-order valence-corrected chi connectivity index (χ0v) is 14.0. The molecule has 25 heavy (non-hydrogen) atoms. The molecule has 130 valence electrons. The molecule has 0 N–H and O–H groups in total. The van der Waals surface area contributed by atoms with E-state index in [9.17, 15) is 4.39 Å². The van der Waals surface area contributed by atoms with Crippen LogP contribution >= 0.6 is 0 Å². The molecule has 7 heteroatoms. The number of halogens is 1. The lowest BCUT2D eigenvalue weighted by molar-refractivity contribution is 0.182. The van der Waals surface area contributed by atoms with Gasteiger partial charge in [-0.25, -0.2) is 9.37 Å². The van der Waals surface area contributed by atoms with Gasteiger partial charge < -0.3 is 13.8 Å². The summed E-state index contributed by atoms with van der Waals surface area (Å²) in [6, 6.07) is 6.45. The molecular weight excluding hydrogens is 323 g/mol. The molecule has 1 atom stereocenters. The first-order valence-corrected chi connectivity index (χ1v) is 8.38. The minimum Gasteiger partial charge on any atom is -0.380 e. The third-order valence-corrected chi connectivity index (χ3v) is 4.74. The van der Waals surface area contributed by atoms with E-state index in [1.807, 2.05) is 10.8 Å². The largest absolute Gasteiger partial charge is 0.380 e. The topological polar surface area (TPSA) is 66.0 Å². The van der Waals surface area contributed by atoms with E-state index in [1.54, 1.807) is 18.3 Å². The Morgan fingerprint density at radius 2 is 2.12 bits per heavy atom. The first kappa shape index (κ1) is 16.0. The fourth-order valence-corrected chi connectivity index (χ4v) is 3.32. The average molecular weight is 342 g/mol. The van der Waals surface area contributed by atoms with Crippen LogP contribution in [0.1, 0.15) is 36.4 Å². The van der Waals surface area contributed by atoms with Gasteiger partial charge in [0, 0.05) is 25.4 Å². The van der Waals surface area contributed by atoms with Crippen molar-refractivity contribution in [2.45, 2.75) is 31.7 Å². The molecule has 1 aromatic carbocycles. The van der Waals surface area contributed by atoms with Gasteiger partial charge in [-0.2, -0.15) is 4.98 Å². The summed E-state index contributed by atoms with van der Waals surface area (Å²) in [7, 11) is 0. The molecule has 2 aromatic heterocycles. The van der Waals surface area contributed by atoms with E-state index in [4.69, 9.17) is 9.26 Å². The lowest BCUT2D eigenvalue weighted by Crippen LogP contribution is -2.29. The number of benzene rings is 1. The second kappa shape index (κ2) is 6.40. The molecule has 4 rings (SSSR count). The summed E-state index contributed by atoms with van der Waals surface area (Å²) < 4.78 is 26.4. The van der Waals surface area contributed by atoms with E-state index in [2.05, 4.69) is 22.0 Å². The number of aromatic nitrogens is 4. The molecule has 6 nitrogen and oxygen atoms in total. The number of ether oxygens (including phenoxy) is 1. The first-order valence-electron chi connectivity index (χ1n) is 8.38. The Labute approximate surface area is 144 Å². The molecule has 0 unspecified atom stereocenters. The molecule has 3 heterocycles. The molecule has 0 saturated carbocycles. The zero-order valence-electron chi connectivity index (χ0n) is 14.0.